The molecular weight excluding hydrogens is 286 g/mol. The van der Waals surface area contributed by atoms with Crippen molar-refractivity contribution < 1.29 is 14.6 Å². The van der Waals surface area contributed by atoms with Crippen LogP contribution < -0.4 is 4.90 Å². The summed E-state index contributed by atoms with van der Waals surface area (Å²) in [6, 6.07) is 7.48. The largest absolute Gasteiger partial charge is 0.396 e. The van der Waals surface area contributed by atoms with Gasteiger partial charge in [-0.05, 0) is 34.5 Å². The van der Waals surface area contributed by atoms with Gasteiger partial charge in [0.15, 0.2) is 0 Å². The molecule has 1 aromatic carbocycles. The summed E-state index contributed by atoms with van der Waals surface area (Å²) < 4.78 is 6.09. The first kappa shape index (κ1) is 12.5. The van der Waals surface area contributed by atoms with Gasteiger partial charge in [0, 0.05) is 11.1 Å². The first-order valence-corrected chi connectivity index (χ1v) is 6.28. The van der Waals surface area contributed by atoms with Gasteiger partial charge in [0.25, 0.3) is 5.91 Å². The summed E-state index contributed by atoms with van der Waals surface area (Å²) in [7, 11) is 0. The van der Waals surface area contributed by atoms with Gasteiger partial charge in [-0.25, -0.2) is 0 Å². The molecule has 0 spiro atoms. The van der Waals surface area contributed by atoms with Crippen LogP contribution in [0.25, 0.3) is 0 Å². The Bertz CT molecular complexity index is 408. The highest BCUT2D eigenvalue weighted by atomic mass is 79.9. The summed E-state index contributed by atoms with van der Waals surface area (Å²) in [4.78, 5) is 13.6. The summed E-state index contributed by atoms with van der Waals surface area (Å²) >= 11 is 3.44. The second-order valence-electron chi connectivity index (χ2n) is 3.90. The molecule has 0 aliphatic carbocycles. The third kappa shape index (κ3) is 2.68. The second-order valence-corrected chi connectivity index (χ2v) is 4.75. The van der Waals surface area contributed by atoms with Gasteiger partial charge < -0.3 is 14.7 Å². The topological polar surface area (TPSA) is 49.8 Å². The fourth-order valence-corrected chi connectivity index (χ4v) is 2.45. The van der Waals surface area contributed by atoms with Gasteiger partial charge in [0.2, 0.25) is 0 Å². The highest BCUT2D eigenvalue weighted by Gasteiger charge is 2.30. The van der Waals surface area contributed by atoms with Crippen LogP contribution in [-0.4, -0.2) is 36.9 Å². The lowest BCUT2D eigenvalue weighted by molar-refractivity contribution is -0.127. The van der Waals surface area contributed by atoms with Crippen molar-refractivity contribution in [2.24, 2.45) is 0 Å². The summed E-state index contributed by atoms with van der Waals surface area (Å²) in [6.45, 7) is 0.610. The number of rotatable bonds is 3. The molecule has 2 rings (SSSR count). The molecule has 1 aliphatic rings. The number of benzene rings is 1. The van der Waals surface area contributed by atoms with Crippen LogP contribution in [0.1, 0.15) is 6.42 Å². The van der Waals surface area contributed by atoms with Crippen LogP contribution in [0, 0.1) is 0 Å². The fraction of sp³-hybridized carbons (Fsp3) is 0.417. The number of anilines is 1. The fourth-order valence-electron chi connectivity index (χ4n) is 1.97. The van der Waals surface area contributed by atoms with Crippen molar-refractivity contribution >= 4 is 27.5 Å². The molecule has 1 aromatic rings. The Morgan fingerprint density at radius 2 is 2.24 bits per heavy atom. The third-order valence-electron chi connectivity index (χ3n) is 2.74. The molecular formula is C12H14BrNO3. The van der Waals surface area contributed by atoms with Gasteiger partial charge in [-0.2, -0.15) is 0 Å². The standard InChI is InChI=1S/C12H14BrNO3/c13-10-3-1-2-4-11(10)14-9(5-6-15)7-17-8-12(14)16/h1-4,9,15H,5-8H2. The van der Waals surface area contributed by atoms with Gasteiger partial charge in [-0.3, -0.25) is 4.79 Å². The van der Waals surface area contributed by atoms with Gasteiger partial charge >= 0.3 is 0 Å². The zero-order valence-corrected chi connectivity index (χ0v) is 10.9. The monoisotopic (exact) mass is 299 g/mol. The zero-order valence-electron chi connectivity index (χ0n) is 9.30. The maximum absolute atomic E-state index is 11.9. The van der Waals surface area contributed by atoms with Gasteiger partial charge in [0.1, 0.15) is 6.61 Å². The number of aliphatic hydroxyl groups excluding tert-OH is 1. The number of nitrogens with zero attached hydrogens (tertiary/aromatic N) is 1. The molecule has 1 N–H and O–H groups in total. The maximum atomic E-state index is 11.9. The Balaban J connectivity index is 2.31. The van der Waals surface area contributed by atoms with Crippen molar-refractivity contribution in [2.45, 2.75) is 12.5 Å². The van der Waals surface area contributed by atoms with Crippen LogP contribution in [-0.2, 0) is 9.53 Å². The van der Waals surface area contributed by atoms with Gasteiger partial charge in [-0.15, -0.1) is 0 Å². The van der Waals surface area contributed by atoms with Crippen LogP contribution in [0.3, 0.4) is 0 Å². The minimum absolute atomic E-state index is 0.0439. The molecule has 0 bridgehead atoms. The molecule has 1 atom stereocenters. The first-order valence-electron chi connectivity index (χ1n) is 5.49. The Hall–Kier alpha value is -0.910. The number of hydrogen-bond donors (Lipinski definition) is 1. The van der Waals surface area contributed by atoms with E-state index in [1.54, 1.807) is 4.90 Å². The van der Waals surface area contributed by atoms with E-state index in [2.05, 4.69) is 15.9 Å². The average molecular weight is 300 g/mol. The lowest BCUT2D eigenvalue weighted by Gasteiger charge is -2.35. The molecule has 1 unspecified atom stereocenters. The number of carbonyl (C=O) groups excluding carboxylic acids is 1. The number of morpholine rings is 1. The molecule has 5 heteroatoms. The molecule has 1 aliphatic heterocycles. The Kier molecular flexibility index (Phi) is 4.15. The van der Waals surface area contributed by atoms with Gasteiger partial charge in [0.05, 0.1) is 18.3 Å². The van der Waals surface area contributed by atoms with E-state index in [0.717, 1.165) is 10.2 Å². The summed E-state index contributed by atoms with van der Waals surface area (Å²) in [5, 5.41) is 9.03. The number of halogens is 1. The van der Waals surface area contributed by atoms with Crippen molar-refractivity contribution in [3.63, 3.8) is 0 Å². The summed E-state index contributed by atoms with van der Waals surface area (Å²) in [6.07, 6.45) is 0.521. The molecule has 1 fully saturated rings. The lowest BCUT2D eigenvalue weighted by Crippen LogP contribution is -2.50. The van der Waals surface area contributed by atoms with E-state index in [1.807, 2.05) is 24.3 Å². The Labute approximate surface area is 108 Å². The SMILES string of the molecule is O=C1COCC(CCO)N1c1ccccc1Br. The van der Waals surface area contributed by atoms with E-state index in [9.17, 15) is 4.79 Å². The minimum atomic E-state index is -0.0973. The van der Waals surface area contributed by atoms with Crippen molar-refractivity contribution in [2.75, 3.05) is 24.7 Å². The summed E-state index contributed by atoms with van der Waals surface area (Å²) in [5.74, 6) is -0.0680. The van der Waals surface area contributed by atoms with Crippen molar-refractivity contribution in [1.82, 2.24) is 0 Å². The molecule has 4 nitrogen and oxygen atoms in total. The van der Waals surface area contributed by atoms with Crippen LogP contribution >= 0.6 is 15.9 Å². The number of ether oxygens (including phenoxy) is 1. The predicted octanol–water partition coefficient (Wildman–Crippen LogP) is 1.56. The van der Waals surface area contributed by atoms with Crippen molar-refractivity contribution in [3.05, 3.63) is 28.7 Å². The number of hydrogen-bond acceptors (Lipinski definition) is 3. The predicted molar refractivity (Wildman–Crippen MR) is 67.9 cm³/mol. The second kappa shape index (κ2) is 5.62. The Morgan fingerprint density at radius 1 is 1.47 bits per heavy atom. The summed E-state index contributed by atoms with van der Waals surface area (Å²) in [5.41, 5.74) is 0.833. The average Bonchev–Trinajstić information content (AvgIpc) is 2.31. The third-order valence-corrected chi connectivity index (χ3v) is 3.41. The van der Waals surface area contributed by atoms with E-state index in [-0.39, 0.29) is 25.2 Å². The molecule has 0 radical (unpaired) electrons. The van der Waals surface area contributed by atoms with E-state index in [4.69, 9.17) is 9.84 Å². The minimum Gasteiger partial charge on any atom is -0.396 e. The quantitative estimate of drug-likeness (QED) is 0.921. The van der Waals surface area contributed by atoms with Crippen LogP contribution in [0.4, 0.5) is 5.69 Å². The zero-order chi connectivity index (χ0) is 12.3. The van der Waals surface area contributed by atoms with E-state index in [1.165, 1.54) is 0 Å². The molecule has 0 saturated carbocycles. The lowest BCUT2D eigenvalue weighted by atomic mass is 10.1. The van der Waals surface area contributed by atoms with E-state index < -0.39 is 0 Å². The van der Waals surface area contributed by atoms with Crippen LogP contribution in [0.15, 0.2) is 28.7 Å². The number of para-hydroxylation sites is 1. The maximum Gasteiger partial charge on any atom is 0.253 e. The number of aliphatic hydroxyl groups is 1. The molecule has 17 heavy (non-hydrogen) atoms. The molecule has 0 aromatic heterocycles. The van der Waals surface area contributed by atoms with E-state index >= 15 is 0 Å². The normalized spacial score (nSPS) is 20.7. The van der Waals surface area contributed by atoms with Crippen LogP contribution in [0.2, 0.25) is 0 Å². The van der Waals surface area contributed by atoms with E-state index in [0.29, 0.717) is 13.0 Å². The molecule has 1 saturated heterocycles. The highest BCUT2D eigenvalue weighted by Crippen LogP contribution is 2.29. The smallest absolute Gasteiger partial charge is 0.253 e. The van der Waals surface area contributed by atoms with Crippen molar-refractivity contribution in [1.29, 1.82) is 0 Å². The highest BCUT2D eigenvalue weighted by molar-refractivity contribution is 9.10. The number of amides is 1. The Morgan fingerprint density at radius 3 is 2.94 bits per heavy atom. The molecule has 1 heterocycles. The van der Waals surface area contributed by atoms with Crippen LogP contribution in [0.5, 0.6) is 0 Å². The van der Waals surface area contributed by atoms with Crippen molar-refractivity contribution in [3.8, 4) is 0 Å². The first-order chi connectivity index (χ1) is 8.24. The number of carbonyl (C=O) groups is 1. The molecule has 1 amide bonds. The van der Waals surface area contributed by atoms with Gasteiger partial charge in [-0.1, -0.05) is 12.1 Å². The molecule has 92 valence electrons.